The average molecular weight is 426 g/mol. The molecule has 0 heterocycles. The SMILES string of the molecule is CC(C)(C)OC(=O)NCCCC(=O)N(Cc1ccc(C#N)cc1)Cc1cccc(F)c1. The Morgan fingerprint density at radius 1 is 1.10 bits per heavy atom. The first-order valence-electron chi connectivity index (χ1n) is 10.1. The summed E-state index contributed by atoms with van der Waals surface area (Å²) in [6, 6.07) is 15.2. The Kier molecular flexibility index (Phi) is 8.56. The number of ether oxygens (including phenoxy) is 1. The predicted molar refractivity (Wildman–Crippen MR) is 115 cm³/mol. The number of carbonyl (C=O) groups is 2. The number of alkyl carbamates (subject to hydrolysis) is 1. The minimum Gasteiger partial charge on any atom is -0.444 e. The molecule has 164 valence electrons. The summed E-state index contributed by atoms with van der Waals surface area (Å²) in [5.74, 6) is -0.468. The molecule has 0 saturated heterocycles. The van der Waals surface area contributed by atoms with E-state index in [2.05, 4.69) is 11.4 Å². The van der Waals surface area contributed by atoms with E-state index in [1.165, 1.54) is 12.1 Å². The van der Waals surface area contributed by atoms with Gasteiger partial charge in [-0.15, -0.1) is 0 Å². The van der Waals surface area contributed by atoms with Gasteiger partial charge in [0.2, 0.25) is 5.91 Å². The molecule has 2 rings (SSSR count). The first-order chi connectivity index (χ1) is 14.7. The molecule has 0 unspecified atom stereocenters. The standard InChI is InChI=1S/C24H28FN3O3/c1-24(2,3)31-23(30)27-13-5-8-22(29)28(17-20-6-4-7-21(25)14-20)16-19-11-9-18(15-26)10-12-19/h4,6-7,9-12,14H,5,8,13,16-17H2,1-3H3,(H,27,30). The second-order valence-electron chi connectivity index (χ2n) is 8.22. The van der Waals surface area contributed by atoms with Gasteiger partial charge in [-0.2, -0.15) is 5.26 Å². The molecule has 0 aromatic heterocycles. The number of hydrogen-bond donors (Lipinski definition) is 1. The highest BCUT2D eigenvalue weighted by Crippen LogP contribution is 2.14. The molecular formula is C24H28FN3O3. The maximum Gasteiger partial charge on any atom is 0.407 e. The highest BCUT2D eigenvalue weighted by Gasteiger charge is 2.17. The van der Waals surface area contributed by atoms with E-state index in [0.29, 0.717) is 30.6 Å². The summed E-state index contributed by atoms with van der Waals surface area (Å²) in [7, 11) is 0. The zero-order valence-corrected chi connectivity index (χ0v) is 18.2. The lowest BCUT2D eigenvalue weighted by molar-refractivity contribution is -0.132. The molecule has 0 saturated carbocycles. The second kappa shape index (κ2) is 11.1. The number of nitriles is 1. The van der Waals surface area contributed by atoms with E-state index in [1.54, 1.807) is 62.1 Å². The Morgan fingerprint density at radius 2 is 1.77 bits per heavy atom. The Hall–Kier alpha value is -3.40. The van der Waals surface area contributed by atoms with E-state index in [0.717, 1.165) is 5.56 Å². The Bertz CT molecular complexity index is 930. The zero-order chi connectivity index (χ0) is 22.9. The quantitative estimate of drug-likeness (QED) is 0.630. The molecule has 1 N–H and O–H groups in total. The Labute approximate surface area is 182 Å². The van der Waals surface area contributed by atoms with Gasteiger partial charge < -0.3 is 15.0 Å². The summed E-state index contributed by atoms with van der Waals surface area (Å²) in [5, 5.41) is 11.6. The molecule has 0 radical (unpaired) electrons. The summed E-state index contributed by atoms with van der Waals surface area (Å²) in [6.45, 7) is 6.25. The van der Waals surface area contributed by atoms with Gasteiger partial charge in [0, 0.05) is 26.1 Å². The van der Waals surface area contributed by atoms with Crippen LogP contribution in [0.25, 0.3) is 0 Å². The number of rotatable bonds is 8. The van der Waals surface area contributed by atoms with Crippen LogP contribution < -0.4 is 5.32 Å². The number of nitrogens with zero attached hydrogens (tertiary/aromatic N) is 2. The van der Waals surface area contributed by atoms with Crippen molar-refractivity contribution in [1.29, 1.82) is 5.26 Å². The monoisotopic (exact) mass is 425 g/mol. The first kappa shape index (κ1) is 23.9. The fraction of sp³-hybridized carbons (Fsp3) is 0.375. The van der Waals surface area contributed by atoms with Gasteiger partial charge >= 0.3 is 6.09 Å². The van der Waals surface area contributed by atoms with E-state index in [1.807, 2.05) is 0 Å². The van der Waals surface area contributed by atoms with Gasteiger partial charge in [0.05, 0.1) is 11.6 Å². The highest BCUT2D eigenvalue weighted by atomic mass is 19.1. The third kappa shape index (κ3) is 8.87. The number of benzene rings is 2. The van der Waals surface area contributed by atoms with Gasteiger partial charge in [-0.1, -0.05) is 24.3 Å². The summed E-state index contributed by atoms with van der Waals surface area (Å²) in [6.07, 6.45) is 0.154. The van der Waals surface area contributed by atoms with Gasteiger partial charge in [0.25, 0.3) is 0 Å². The van der Waals surface area contributed by atoms with E-state index in [-0.39, 0.29) is 24.7 Å². The molecule has 2 aromatic rings. The highest BCUT2D eigenvalue weighted by molar-refractivity contribution is 5.76. The van der Waals surface area contributed by atoms with Crippen molar-refractivity contribution in [2.45, 2.75) is 52.3 Å². The van der Waals surface area contributed by atoms with Gasteiger partial charge in [-0.05, 0) is 62.6 Å². The van der Waals surface area contributed by atoms with Crippen LogP contribution in [0, 0.1) is 17.1 Å². The summed E-state index contributed by atoms with van der Waals surface area (Å²) >= 11 is 0. The minimum atomic E-state index is -0.581. The van der Waals surface area contributed by atoms with E-state index in [9.17, 15) is 14.0 Å². The molecule has 0 aliphatic heterocycles. The van der Waals surface area contributed by atoms with Crippen molar-refractivity contribution in [2.24, 2.45) is 0 Å². The number of amides is 2. The maximum absolute atomic E-state index is 13.6. The van der Waals surface area contributed by atoms with Crippen LogP contribution in [0.4, 0.5) is 9.18 Å². The fourth-order valence-corrected chi connectivity index (χ4v) is 2.90. The summed E-state index contributed by atoms with van der Waals surface area (Å²) in [5.41, 5.74) is 1.52. The molecular weight excluding hydrogens is 397 g/mol. The van der Waals surface area contributed by atoms with Crippen LogP contribution >= 0.6 is 0 Å². The van der Waals surface area contributed by atoms with Crippen LogP contribution in [-0.2, 0) is 22.6 Å². The first-order valence-corrected chi connectivity index (χ1v) is 10.1. The molecule has 7 heteroatoms. The molecule has 31 heavy (non-hydrogen) atoms. The van der Waals surface area contributed by atoms with E-state index < -0.39 is 11.7 Å². The third-order valence-corrected chi connectivity index (χ3v) is 4.31. The maximum atomic E-state index is 13.6. The van der Waals surface area contributed by atoms with Crippen LogP contribution in [0.15, 0.2) is 48.5 Å². The molecule has 0 fully saturated rings. The average Bonchev–Trinajstić information content (AvgIpc) is 2.70. The lowest BCUT2D eigenvalue weighted by atomic mass is 10.1. The summed E-state index contributed by atoms with van der Waals surface area (Å²) in [4.78, 5) is 26.2. The lowest BCUT2D eigenvalue weighted by Gasteiger charge is -2.23. The van der Waals surface area contributed by atoms with E-state index in [4.69, 9.17) is 10.00 Å². The van der Waals surface area contributed by atoms with Gasteiger partial charge in [-0.3, -0.25) is 4.79 Å². The number of hydrogen-bond acceptors (Lipinski definition) is 4. The summed E-state index contributed by atoms with van der Waals surface area (Å²) < 4.78 is 18.8. The molecule has 2 amide bonds. The number of carbonyl (C=O) groups excluding carboxylic acids is 2. The largest absolute Gasteiger partial charge is 0.444 e. The molecule has 6 nitrogen and oxygen atoms in total. The van der Waals surface area contributed by atoms with Crippen LogP contribution in [0.5, 0.6) is 0 Å². The van der Waals surface area contributed by atoms with Crippen molar-refractivity contribution in [2.75, 3.05) is 6.54 Å². The molecule has 0 spiro atoms. The number of nitrogens with one attached hydrogen (secondary N) is 1. The molecule has 2 aromatic carbocycles. The van der Waals surface area contributed by atoms with Crippen molar-refractivity contribution >= 4 is 12.0 Å². The van der Waals surface area contributed by atoms with Crippen molar-refractivity contribution in [3.8, 4) is 6.07 Å². The fourth-order valence-electron chi connectivity index (χ4n) is 2.90. The topological polar surface area (TPSA) is 82.4 Å². The Balaban J connectivity index is 1.98. The predicted octanol–water partition coefficient (Wildman–Crippen LogP) is 4.53. The van der Waals surface area contributed by atoms with Crippen molar-refractivity contribution in [1.82, 2.24) is 10.2 Å². The van der Waals surface area contributed by atoms with Crippen LogP contribution in [-0.4, -0.2) is 29.0 Å². The van der Waals surface area contributed by atoms with Crippen LogP contribution in [0.3, 0.4) is 0 Å². The van der Waals surface area contributed by atoms with Gasteiger partial charge in [0.1, 0.15) is 11.4 Å². The van der Waals surface area contributed by atoms with Gasteiger partial charge in [0.15, 0.2) is 0 Å². The molecule has 0 aliphatic rings. The molecule has 0 aliphatic carbocycles. The Morgan fingerprint density at radius 3 is 2.39 bits per heavy atom. The van der Waals surface area contributed by atoms with Crippen molar-refractivity contribution < 1.29 is 18.7 Å². The van der Waals surface area contributed by atoms with Crippen molar-refractivity contribution in [3.63, 3.8) is 0 Å². The van der Waals surface area contributed by atoms with E-state index >= 15 is 0 Å². The van der Waals surface area contributed by atoms with Crippen LogP contribution in [0.1, 0.15) is 50.3 Å². The zero-order valence-electron chi connectivity index (χ0n) is 18.2. The smallest absolute Gasteiger partial charge is 0.407 e. The normalized spacial score (nSPS) is 10.8. The third-order valence-electron chi connectivity index (χ3n) is 4.31. The van der Waals surface area contributed by atoms with Crippen molar-refractivity contribution in [3.05, 3.63) is 71.0 Å². The molecule has 0 atom stereocenters. The van der Waals surface area contributed by atoms with Crippen LogP contribution in [0.2, 0.25) is 0 Å². The van der Waals surface area contributed by atoms with Gasteiger partial charge in [-0.25, -0.2) is 9.18 Å². The molecule has 0 bridgehead atoms. The minimum absolute atomic E-state index is 0.111. The lowest BCUT2D eigenvalue weighted by Crippen LogP contribution is -2.34. The second-order valence-corrected chi connectivity index (χ2v) is 8.22. The number of halogens is 1.